The summed E-state index contributed by atoms with van der Waals surface area (Å²) in [4.78, 5) is 24.4. The van der Waals surface area contributed by atoms with Gasteiger partial charge in [-0.1, -0.05) is 23.9 Å². The normalized spacial score (nSPS) is 10.4. The van der Waals surface area contributed by atoms with Gasteiger partial charge in [0.05, 0.1) is 43.4 Å². The molecule has 3 aromatic rings. The fourth-order valence-electron chi connectivity index (χ4n) is 2.64. The summed E-state index contributed by atoms with van der Waals surface area (Å²) in [6.45, 7) is 1.96. The molecule has 1 N–H and O–H groups in total. The van der Waals surface area contributed by atoms with E-state index in [9.17, 15) is 9.59 Å². The second-order valence-electron chi connectivity index (χ2n) is 6.04. The van der Waals surface area contributed by atoms with E-state index in [-0.39, 0.29) is 34.9 Å². The molecule has 0 saturated heterocycles. The summed E-state index contributed by atoms with van der Waals surface area (Å²) in [5.74, 6) is 0.598. The Hall–Kier alpha value is -3.53. The van der Waals surface area contributed by atoms with Crippen LogP contribution in [0.5, 0.6) is 11.5 Å². The first-order valence-electron chi connectivity index (χ1n) is 9.30. The van der Waals surface area contributed by atoms with Gasteiger partial charge in [-0.3, -0.25) is 4.79 Å². The number of hydrogen-bond donors (Lipinski definition) is 1. The highest BCUT2D eigenvalue weighted by atomic mass is 32.2. The molecule has 0 unspecified atom stereocenters. The number of para-hydroxylation sites is 1. The maximum absolute atomic E-state index is 12.4. The Morgan fingerprint density at radius 1 is 1.10 bits per heavy atom. The van der Waals surface area contributed by atoms with E-state index in [0.29, 0.717) is 22.7 Å². The Morgan fingerprint density at radius 3 is 2.65 bits per heavy atom. The fraction of sp³-hybridized carbons (Fsp3) is 0.238. The van der Waals surface area contributed by atoms with E-state index in [4.69, 9.17) is 18.6 Å². The molecule has 1 heterocycles. The van der Waals surface area contributed by atoms with Gasteiger partial charge < -0.3 is 23.9 Å². The summed E-state index contributed by atoms with van der Waals surface area (Å²) in [7, 11) is 3.09. The number of thioether (sulfide) groups is 1. The van der Waals surface area contributed by atoms with Gasteiger partial charge in [0.25, 0.3) is 11.1 Å². The smallest absolute Gasteiger partial charge is 0.340 e. The van der Waals surface area contributed by atoms with E-state index in [1.807, 2.05) is 0 Å². The number of methoxy groups -OCH3 is 2. The summed E-state index contributed by atoms with van der Waals surface area (Å²) < 4.78 is 21.2. The van der Waals surface area contributed by atoms with Crippen LogP contribution in [0.4, 0.5) is 5.69 Å². The zero-order valence-electron chi connectivity index (χ0n) is 17.2. The molecular formula is C21H21N3O6S. The topological polar surface area (TPSA) is 113 Å². The van der Waals surface area contributed by atoms with Crippen molar-refractivity contribution in [2.75, 3.05) is 31.9 Å². The lowest BCUT2D eigenvalue weighted by molar-refractivity contribution is -0.113. The lowest BCUT2D eigenvalue weighted by Crippen LogP contribution is -2.17. The number of hydrogen-bond acceptors (Lipinski definition) is 9. The summed E-state index contributed by atoms with van der Waals surface area (Å²) >= 11 is 1.07. The van der Waals surface area contributed by atoms with E-state index in [2.05, 4.69) is 15.5 Å². The lowest BCUT2D eigenvalue weighted by Gasteiger charge is -2.09. The monoisotopic (exact) mass is 443 g/mol. The molecule has 0 aliphatic heterocycles. The van der Waals surface area contributed by atoms with Gasteiger partial charge in [-0.05, 0) is 31.2 Å². The number of amides is 1. The second kappa shape index (κ2) is 10.5. The van der Waals surface area contributed by atoms with Crippen LogP contribution in [0.25, 0.3) is 11.5 Å². The molecular weight excluding hydrogens is 422 g/mol. The first-order chi connectivity index (χ1) is 15.0. The van der Waals surface area contributed by atoms with Crippen LogP contribution in [0.3, 0.4) is 0 Å². The Kier molecular flexibility index (Phi) is 7.50. The fourth-order valence-corrected chi connectivity index (χ4v) is 3.21. The SMILES string of the molecule is CCOC(=O)c1ccccc1NC(=O)CSc1nnc(-c2ccc(OC)cc2OC)o1. The standard InChI is InChI=1S/C21H21N3O6S/c1-4-29-20(26)14-7-5-6-8-16(14)22-18(25)12-31-21-24-23-19(30-21)15-10-9-13(27-2)11-17(15)28-3/h5-11H,4,12H2,1-3H3,(H,22,25). The lowest BCUT2D eigenvalue weighted by atomic mass is 10.2. The molecule has 0 atom stereocenters. The Balaban J connectivity index is 1.64. The number of aromatic nitrogens is 2. The Morgan fingerprint density at radius 2 is 1.90 bits per heavy atom. The van der Waals surface area contributed by atoms with Crippen LogP contribution < -0.4 is 14.8 Å². The Bertz CT molecular complexity index is 1070. The van der Waals surface area contributed by atoms with Crippen LogP contribution in [0.15, 0.2) is 52.1 Å². The van der Waals surface area contributed by atoms with Gasteiger partial charge in [0.2, 0.25) is 5.91 Å². The molecule has 0 saturated carbocycles. The van der Waals surface area contributed by atoms with Crippen molar-refractivity contribution in [3.63, 3.8) is 0 Å². The predicted octanol–water partition coefficient (Wildman–Crippen LogP) is 3.66. The average molecular weight is 443 g/mol. The molecule has 162 valence electrons. The number of ether oxygens (including phenoxy) is 3. The second-order valence-corrected chi connectivity index (χ2v) is 6.97. The van der Waals surface area contributed by atoms with E-state index < -0.39 is 5.97 Å². The van der Waals surface area contributed by atoms with E-state index >= 15 is 0 Å². The van der Waals surface area contributed by atoms with Crippen LogP contribution in [0.1, 0.15) is 17.3 Å². The molecule has 0 aliphatic rings. The van der Waals surface area contributed by atoms with Crippen molar-refractivity contribution in [3.8, 4) is 23.0 Å². The number of carbonyl (C=O) groups excluding carboxylic acids is 2. The summed E-state index contributed by atoms with van der Waals surface area (Å²) in [5.41, 5.74) is 1.27. The van der Waals surface area contributed by atoms with Gasteiger partial charge in [0.15, 0.2) is 0 Å². The molecule has 0 spiro atoms. The number of anilines is 1. The maximum Gasteiger partial charge on any atom is 0.340 e. The first-order valence-corrected chi connectivity index (χ1v) is 10.3. The van der Waals surface area contributed by atoms with E-state index in [1.165, 1.54) is 7.11 Å². The van der Waals surface area contributed by atoms with Crippen LogP contribution in [-0.4, -0.2) is 48.7 Å². The Labute approximate surface area is 183 Å². The van der Waals surface area contributed by atoms with Crippen LogP contribution in [-0.2, 0) is 9.53 Å². The maximum atomic E-state index is 12.4. The number of carbonyl (C=O) groups is 2. The molecule has 0 radical (unpaired) electrons. The molecule has 0 fully saturated rings. The van der Waals surface area contributed by atoms with Crippen molar-refractivity contribution in [1.82, 2.24) is 10.2 Å². The van der Waals surface area contributed by atoms with Crippen LogP contribution in [0, 0.1) is 0 Å². The minimum Gasteiger partial charge on any atom is -0.497 e. The van der Waals surface area contributed by atoms with Gasteiger partial charge in [-0.15, -0.1) is 10.2 Å². The quantitative estimate of drug-likeness (QED) is 0.391. The molecule has 9 nitrogen and oxygen atoms in total. The third-order valence-electron chi connectivity index (χ3n) is 4.07. The van der Waals surface area contributed by atoms with Crippen molar-refractivity contribution in [2.24, 2.45) is 0 Å². The predicted molar refractivity (Wildman–Crippen MR) is 115 cm³/mol. The molecule has 1 amide bonds. The summed E-state index contributed by atoms with van der Waals surface area (Å²) in [6, 6.07) is 11.9. The molecule has 31 heavy (non-hydrogen) atoms. The molecule has 0 bridgehead atoms. The van der Waals surface area contributed by atoms with Gasteiger partial charge in [0.1, 0.15) is 11.5 Å². The van der Waals surface area contributed by atoms with E-state index in [0.717, 1.165) is 11.8 Å². The van der Waals surface area contributed by atoms with Gasteiger partial charge in [0, 0.05) is 6.07 Å². The van der Waals surface area contributed by atoms with Gasteiger partial charge >= 0.3 is 5.97 Å². The van der Waals surface area contributed by atoms with Crippen molar-refractivity contribution in [1.29, 1.82) is 0 Å². The zero-order chi connectivity index (χ0) is 22.2. The van der Waals surface area contributed by atoms with Crippen molar-refractivity contribution in [2.45, 2.75) is 12.1 Å². The number of benzene rings is 2. The van der Waals surface area contributed by atoms with Crippen molar-refractivity contribution < 1.29 is 28.2 Å². The molecule has 1 aromatic heterocycles. The minimum atomic E-state index is -0.499. The number of nitrogens with one attached hydrogen (secondary N) is 1. The van der Waals surface area contributed by atoms with Crippen LogP contribution in [0.2, 0.25) is 0 Å². The molecule has 3 rings (SSSR count). The van der Waals surface area contributed by atoms with Gasteiger partial charge in [-0.2, -0.15) is 0 Å². The van der Waals surface area contributed by atoms with Crippen molar-refractivity contribution >= 4 is 29.3 Å². The minimum absolute atomic E-state index is 0.0124. The molecule has 2 aromatic carbocycles. The highest BCUT2D eigenvalue weighted by Crippen LogP contribution is 2.33. The average Bonchev–Trinajstić information content (AvgIpc) is 3.26. The molecule has 0 aliphatic carbocycles. The largest absolute Gasteiger partial charge is 0.497 e. The third-order valence-corrected chi connectivity index (χ3v) is 4.89. The number of rotatable bonds is 9. The first kappa shape index (κ1) is 22.2. The zero-order valence-corrected chi connectivity index (χ0v) is 18.0. The number of nitrogens with zero attached hydrogens (tertiary/aromatic N) is 2. The van der Waals surface area contributed by atoms with E-state index in [1.54, 1.807) is 56.5 Å². The van der Waals surface area contributed by atoms with Crippen LogP contribution >= 0.6 is 11.8 Å². The summed E-state index contributed by atoms with van der Waals surface area (Å²) in [5, 5.41) is 10.9. The highest BCUT2D eigenvalue weighted by molar-refractivity contribution is 7.99. The number of esters is 1. The van der Waals surface area contributed by atoms with Crippen molar-refractivity contribution in [3.05, 3.63) is 48.0 Å². The van der Waals surface area contributed by atoms with Gasteiger partial charge in [-0.25, -0.2) is 4.79 Å². The highest BCUT2D eigenvalue weighted by Gasteiger charge is 2.17. The molecule has 10 heteroatoms. The third kappa shape index (κ3) is 5.54. The summed E-state index contributed by atoms with van der Waals surface area (Å²) in [6.07, 6.45) is 0.